The van der Waals surface area contributed by atoms with E-state index in [4.69, 9.17) is 0 Å². The number of aromatic nitrogens is 2. The van der Waals surface area contributed by atoms with Gasteiger partial charge >= 0.3 is 0 Å². The van der Waals surface area contributed by atoms with Crippen molar-refractivity contribution >= 4 is 15.9 Å². The third-order valence-corrected chi connectivity index (χ3v) is 3.02. The number of alkyl halides is 1. The average Bonchev–Trinajstić information content (AvgIpc) is 2.38. The monoisotopic (exact) mass is 202 g/mol. The first-order valence-corrected chi connectivity index (χ1v) is 4.34. The Labute approximate surface area is 69.2 Å². The summed E-state index contributed by atoms with van der Waals surface area (Å²) >= 11 is 3.45. The first kappa shape index (κ1) is 7.79. The summed E-state index contributed by atoms with van der Waals surface area (Å²) in [6.45, 7) is 4.35. The van der Waals surface area contributed by atoms with E-state index in [-0.39, 0.29) is 5.41 Å². The molecule has 1 aromatic heterocycles. The minimum Gasteiger partial charge on any atom is -0.285 e. The number of nitrogens with zero attached hydrogens (tertiary/aromatic N) is 1. The Kier molecular flexibility index (Phi) is 2.14. The van der Waals surface area contributed by atoms with Crippen molar-refractivity contribution in [1.29, 1.82) is 0 Å². The van der Waals surface area contributed by atoms with Crippen LogP contribution in [-0.4, -0.2) is 15.5 Å². The lowest BCUT2D eigenvalue weighted by Crippen LogP contribution is -2.17. The smallest absolute Gasteiger partial charge is 0.0524 e. The zero-order valence-corrected chi connectivity index (χ0v) is 7.77. The second-order valence-corrected chi connectivity index (χ2v) is 3.57. The van der Waals surface area contributed by atoms with Crippen molar-refractivity contribution < 1.29 is 0 Å². The Balaban J connectivity index is 2.85. The van der Waals surface area contributed by atoms with E-state index in [0.29, 0.717) is 0 Å². The number of rotatable bonds is 2. The van der Waals surface area contributed by atoms with E-state index in [0.717, 1.165) is 5.33 Å². The van der Waals surface area contributed by atoms with E-state index in [1.165, 1.54) is 5.56 Å². The van der Waals surface area contributed by atoms with Gasteiger partial charge in [0, 0.05) is 16.9 Å². The Morgan fingerprint density at radius 2 is 2.40 bits per heavy atom. The van der Waals surface area contributed by atoms with E-state index in [9.17, 15) is 0 Å². The Morgan fingerprint density at radius 3 is 2.80 bits per heavy atom. The molecule has 3 heteroatoms. The summed E-state index contributed by atoms with van der Waals surface area (Å²) < 4.78 is 0. The molecular formula is C7H11BrN2. The minimum absolute atomic E-state index is 0.188. The average molecular weight is 203 g/mol. The van der Waals surface area contributed by atoms with Crippen LogP contribution >= 0.6 is 15.9 Å². The second-order valence-electron chi connectivity index (χ2n) is 3.00. The molecule has 0 aliphatic heterocycles. The molecule has 2 nitrogen and oxygen atoms in total. The van der Waals surface area contributed by atoms with Gasteiger partial charge in [-0.1, -0.05) is 29.8 Å². The summed E-state index contributed by atoms with van der Waals surface area (Å²) in [4.78, 5) is 0. The maximum absolute atomic E-state index is 3.89. The van der Waals surface area contributed by atoms with Crippen LogP contribution in [0.2, 0.25) is 0 Å². The van der Waals surface area contributed by atoms with Gasteiger partial charge in [0.2, 0.25) is 0 Å². The predicted octanol–water partition coefficient (Wildman–Crippen LogP) is 2.08. The van der Waals surface area contributed by atoms with Crippen LogP contribution in [-0.2, 0) is 5.41 Å². The summed E-state index contributed by atoms with van der Waals surface area (Å²) in [7, 11) is 0. The molecule has 1 heterocycles. The number of hydrogen-bond donors (Lipinski definition) is 1. The molecule has 0 saturated heterocycles. The molecule has 10 heavy (non-hydrogen) atoms. The maximum atomic E-state index is 3.89. The van der Waals surface area contributed by atoms with Gasteiger partial charge in [0.05, 0.1) is 6.20 Å². The topological polar surface area (TPSA) is 28.7 Å². The van der Waals surface area contributed by atoms with Crippen LogP contribution < -0.4 is 0 Å². The van der Waals surface area contributed by atoms with Gasteiger partial charge in [-0.25, -0.2) is 0 Å². The first-order valence-electron chi connectivity index (χ1n) is 3.22. The zero-order valence-electron chi connectivity index (χ0n) is 6.19. The van der Waals surface area contributed by atoms with E-state index < -0.39 is 0 Å². The van der Waals surface area contributed by atoms with Crippen LogP contribution in [0.3, 0.4) is 0 Å². The van der Waals surface area contributed by atoms with E-state index in [2.05, 4.69) is 40.0 Å². The zero-order chi connectivity index (χ0) is 7.61. The molecule has 1 rings (SSSR count). The molecule has 0 unspecified atom stereocenters. The SMILES string of the molecule is CC(C)(CBr)c1cn[nH]c1. The van der Waals surface area contributed by atoms with Crippen molar-refractivity contribution in [2.75, 3.05) is 5.33 Å². The second kappa shape index (κ2) is 2.74. The van der Waals surface area contributed by atoms with Crippen molar-refractivity contribution in [3.63, 3.8) is 0 Å². The molecular weight excluding hydrogens is 192 g/mol. The van der Waals surface area contributed by atoms with E-state index >= 15 is 0 Å². The van der Waals surface area contributed by atoms with Gasteiger partial charge in [0.25, 0.3) is 0 Å². The molecule has 56 valence electrons. The number of aromatic amines is 1. The molecule has 0 radical (unpaired) electrons. The summed E-state index contributed by atoms with van der Waals surface area (Å²) in [5.41, 5.74) is 1.43. The van der Waals surface area contributed by atoms with Gasteiger partial charge in [-0.05, 0) is 5.56 Å². The van der Waals surface area contributed by atoms with Crippen LogP contribution in [0.15, 0.2) is 12.4 Å². The third kappa shape index (κ3) is 1.40. The van der Waals surface area contributed by atoms with Gasteiger partial charge in [-0.2, -0.15) is 5.10 Å². The number of nitrogens with one attached hydrogen (secondary N) is 1. The molecule has 0 spiro atoms. The lowest BCUT2D eigenvalue weighted by atomic mass is 9.90. The molecule has 1 aromatic rings. The fraction of sp³-hybridized carbons (Fsp3) is 0.571. The summed E-state index contributed by atoms with van der Waals surface area (Å²) in [6, 6.07) is 0. The lowest BCUT2D eigenvalue weighted by molar-refractivity contribution is 0.607. The van der Waals surface area contributed by atoms with Gasteiger partial charge < -0.3 is 0 Å². The summed E-state index contributed by atoms with van der Waals surface area (Å²) in [5, 5.41) is 7.65. The highest BCUT2D eigenvalue weighted by molar-refractivity contribution is 9.09. The maximum Gasteiger partial charge on any atom is 0.0524 e. The quantitative estimate of drug-likeness (QED) is 0.732. The number of H-pyrrole nitrogens is 1. The first-order chi connectivity index (χ1) is 4.67. The minimum atomic E-state index is 0.188. The standard InChI is InChI=1S/C7H11BrN2/c1-7(2,5-8)6-3-9-10-4-6/h3-4H,5H2,1-2H3,(H,9,10). The van der Waals surface area contributed by atoms with E-state index in [1.807, 2.05) is 12.4 Å². The highest BCUT2D eigenvalue weighted by Gasteiger charge is 2.19. The van der Waals surface area contributed by atoms with Crippen molar-refractivity contribution in [3.05, 3.63) is 18.0 Å². The largest absolute Gasteiger partial charge is 0.285 e. The molecule has 0 aliphatic carbocycles. The number of halogens is 1. The molecule has 1 N–H and O–H groups in total. The Morgan fingerprint density at radius 1 is 1.70 bits per heavy atom. The summed E-state index contributed by atoms with van der Waals surface area (Å²) in [5.74, 6) is 0. The van der Waals surface area contributed by atoms with Crippen LogP contribution in [0.4, 0.5) is 0 Å². The van der Waals surface area contributed by atoms with Gasteiger partial charge in [0.15, 0.2) is 0 Å². The molecule has 0 fully saturated rings. The van der Waals surface area contributed by atoms with Gasteiger partial charge in [0.1, 0.15) is 0 Å². The fourth-order valence-corrected chi connectivity index (χ4v) is 1.02. The molecule has 0 saturated carbocycles. The van der Waals surface area contributed by atoms with Crippen LogP contribution in [0.5, 0.6) is 0 Å². The fourth-order valence-electron chi connectivity index (χ4n) is 0.698. The van der Waals surface area contributed by atoms with Crippen LogP contribution in [0, 0.1) is 0 Å². The third-order valence-electron chi connectivity index (χ3n) is 1.61. The van der Waals surface area contributed by atoms with Crippen molar-refractivity contribution in [2.24, 2.45) is 0 Å². The van der Waals surface area contributed by atoms with Gasteiger partial charge in [-0.3, -0.25) is 5.10 Å². The van der Waals surface area contributed by atoms with Gasteiger partial charge in [-0.15, -0.1) is 0 Å². The Hall–Kier alpha value is -0.310. The summed E-state index contributed by atoms with van der Waals surface area (Å²) in [6.07, 6.45) is 3.79. The molecule has 0 amide bonds. The molecule has 0 atom stereocenters. The molecule has 0 bridgehead atoms. The normalized spacial score (nSPS) is 11.9. The van der Waals surface area contributed by atoms with E-state index in [1.54, 1.807) is 0 Å². The highest BCUT2D eigenvalue weighted by atomic mass is 79.9. The van der Waals surface area contributed by atoms with Crippen molar-refractivity contribution in [2.45, 2.75) is 19.3 Å². The number of hydrogen-bond acceptors (Lipinski definition) is 1. The lowest BCUT2D eigenvalue weighted by Gasteiger charge is -2.18. The Bertz CT molecular complexity index is 191. The van der Waals surface area contributed by atoms with Crippen molar-refractivity contribution in [3.8, 4) is 0 Å². The highest BCUT2D eigenvalue weighted by Crippen LogP contribution is 2.23. The van der Waals surface area contributed by atoms with Crippen LogP contribution in [0.25, 0.3) is 0 Å². The molecule has 0 aliphatic rings. The predicted molar refractivity (Wildman–Crippen MR) is 45.4 cm³/mol. The van der Waals surface area contributed by atoms with Crippen molar-refractivity contribution in [1.82, 2.24) is 10.2 Å². The molecule has 0 aromatic carbocycles. The van der Waals surface area contributed by atoms with Crippen LogP contribution in [0.1, 0.15) is 19.4 Å².